The van der Waals surface area contributed by atoms with Crippen LogP contribution < -0.4 is 5.32 Å². The summed E-state index contributed by atoms with van der Waals surface area (Å²) in [6.07, 6.45) is 0. The zero-order valence-electron chi connectivity index (χ0n) is 10.6. The van der Waals surface area contributed by atoms with Crippen LogP contribution in [0.5, 0.6) is 0 Å². The first-order valence-electron chi connectivity index (χ1n) is 5.78. The molecular weight excluding hydrogens is 384 g/mol. The fourth-order valence-electron chi connectivity index (χ4n) is 1.70. The summed E-state index contributed by atoms with van der Waals surface area (Å²) < 4.78 is 1.76. The quantitative estimate of drug-likeness (QED) is 0.807. The Kier molecular flexibility index (Phi) is 4.58. The number of nitrogens with zero attached hydrogens (tertiary/aromatic N) is 1. The number of rotatable bonds is 2. The van der Waals surface area contributed by atoms with Crippen molar-refractivity contribution in [3.63, 3.8) is 0 Å². The van der Waals surface area contributed by atoms with Crippen molar-refractivity contribution in [2.24, 2.45) is 0 Å². The van der Waals surface area contributed by atoms with Gasteiger partial charge in [-0.15, -0.1) is 0 Å². The Balaban J connectivity index is 2.30. The summed E-state index contributed by atoms with van der Waals surface area (Å²) in [7, 11) is 0. The largest absolute Gasteiger partial charge is 0.321 e. The van der Waals surface area contributed by atoms with Gasteiger partial charge in [0.05, 0.1) is 11.3 Å². The molecule has 2 aromatic rings. The number of hydrogen-bond donors (Lipinski definition) is 1. The lowest BCUT2D eigenvalue weighted by Crippen LogP contribution is -2.13. The van der Waals surface area contributed by atoms with E-state index in [1.807, 2.05) is 13.0 Å². The van der Waals surface area contributed by atoms with Gasteiger partial charge in [0, 0.05) is 14.5 Å². The normalized spacial score (nSPS) is 9.90. The van der Waals surface area contributed by atoms with Crippen molar-refractivity contribution in [1.29, 1.82) is 5.26 Å². The van der Waals surface area contributed by atoms with Crippen LogP contribution in [0.25, 0.3) is 0 Å². The van der Waals surface area contributed by atoms with Crippen molar-refractivity contribution in [3.05, 3.63) is 62.0 Å². The molecular formula is C15H10Br2N2O. The second kappa shape index (κ2) is 6.21. The van der Waals surface area contributed by atoms with E-state index >= 15 is 0 Å². The van der Waals surface area contributed by atoms with Gasteiger partial charge < -0.3 is 5.32 Å². The Morgan fingerprint density at radius 3 is 2.60 bits per heavy atom. The average Bonchev–Trinajstić information content (AvgIpc) is 2.42. The maximum atomic E-state index is 12.2. The van der Waals surface area contributed by atoms with Crippen LogP contribution in [0.4, 0.5) is 5.69 Å². The average molecular weight is 394 g/mol. The van der Waals surface area contributed by atoms with Gasteiger partial charge in [0.1, 0.15) is 6.07 Å². The predicted molar refractivity (Wildman–Crippen MR) is 85.7 cm³/mol. The Morgan fingerprint density at radius 1 is 1.20 bits per heavy atom. The lowest BCUT2D eigenvalue weighted by atomic mass is 10.1. The highest BCUT2D eigenvalue weighted by molar-refractivity contribution is 9.10. The highest BCUT2D eigenvalue weighted by atomic mass is 79.9. The Morgan fingerprint density at radius 2 is 1.95 bits per heavy atom. The third-order valence-electron chi connectivity index (χ3n) is 2.77. The summed E-state index contributed by atoms with van der Waals surface area (Å²) in [6.45, 7) is 1.92. The molecule has 0 spiro atoms. The third kappa shape index (κ3) is 3.27. The first-order chi connectivity index (χ1) is 9.51. The van der Waals surface area contributed by atoms with Crippen molar-refractivity contribution in [3.8, 4) is 6.07 Å². The van der Waals surface area contributed by atoms with Crippen LogP contribution in [0.2, 0.25) is 0 Å². The topological polar surface area (TPSA) is 52.9 Å². The Hall–Kier alpha value is -1.64. The van der Waals surface area contributed by atoms with Gasteiger partial charge in [-0.3, -0.25) is 4.79 Å². The SMILES string of the molecule is Cc1cc(C(=O)Nc2cc(Br)ccc2C#N)ccc1Br. The molecule has 0 aromatic heterocycles. The van der Waals surface area contributed by atoms with E-state index in [4.69, 9.17) is 5.26 Å². The van der Waals surface area contributed by atoms with E-state index in [0.29, 0.717) is 16.8 Å². The molecule has 0 aliphatic rings. The van der Waals surface area contributed by atoms with E-state index in [2.05, 4.69) is 43.2 Å². The highest BCUT2D eigenvalue weighted by Crippen LogP contribution is 2.22. The number of nitrogens with one attached hydrogen (secondary N) is 1. The minimum Gasteiger partial charge on any atom is -0.321 e. The number of carbonyl (C=O) groups excluding carboxylic acids is 1. The number of carbonyl (C=O) groups is 1. The van der Waals surface area contributed by atoms with E-state index in [1.54, 1.807) is 30.3 Å². The fourth-order valence-corrected chi connectivity index (χ4v) is 2.31. The molecule has 0 atom stereocenters. The molecule has 100 valence electrons. The molecule has 0 saturated carbocycles. The number of aryl methyl sites for hydroxylation is 1. The van der Waals surface area contributed by atoms with Crippen LogP contribution in [0.15, 0.2) is 45.3 Å². The van der Waals surface area contributed by atoms with E-state index in [9.17, 15) is 4.79 Å². The fraction of sp³-hybridized carbons (Fsp3) is 0.0667. The monoisotopic (exact) mass is 392 g/mol. The second-order valence-electron chi connectivity index (χ2n) is 4.22. The summed E-state index contributed by atoms with van der Waals surface area (Å²) in [5, 5.41) is 11.8. The molecule has 0 bridgehead atoms. The molecule has 1 amide bonds. The predicted octanol–water partition coefficient (Wildman–Crippen LogP) is 4.64. The van der Waals surface area contributed by atoms with Gasteiger partial charge in [0.2, 0.25) is 0 Å². The van der Waals surface area contributed by atoms with Crippen molar-refractivity contribution in [1.82, 2.24) is 0 Å². The Labute approximate surface area is 133 Å². The molecule has 0 radical (unpaired) electrons. The van der Waals surface area contributed by atoms with Crippen LogP contribution in [-0.2, 0) is 0 Å². The van der Waals surface area contributed by atoms with Gasteiger partial charge >= 0.3 is 0 Å². The van der Waals surface area contributed by atoms with Gasteiger partial charge in [-0.2, -0.15) is 5.26 Å². The molecule has 0 saturated heterocycles. The molecule has 0 unspecified atom stereocenters. The van der Waals surface area contributed by atoms with E-state index in [0.717, 1.165) is 14.5 Å². The standard InChI is InChI=1S/C15H10Br2N2O/c1-9-6-10(3-5-13(9)17)15(20)19-14-7-12(16)4-2-11(14)8-18/h2-7H,1H3,(H,19,20). The lowest BCUT2D eigenvalue weighted by molar-refractivity contribution is 0.102. The van der Waals surface area contributed by atoms with Crippen molar-refractivity contribution in [2.45, 2.75) is 6.92 Å². The molecule has 0 heterocycles. The maximum absolute atomic E-state index is 12.2. The van der Waals surface area contributed by atoms with Crippen LogP contribution >= 0.6 is 31.9 Å². The van der Waals surface area contributed by atoms with Gasteiger partial charge in [-0.05, 0) is 48.9 Å². The molecule has 0 aliphatic heterocycles. The number of halogens is 2. The third-order valence-corrected chi connectivity index (χ3v) is 4.15. The minimum absolute atomic E-state index is 0.241. The van der Waals surface area contributed by atoms with Crippen LogP contribution in [0.3, 0.4) is 0 Å². The van der Waals surface area contributed by atoms with Crippen molar-refractivity contribution in [2.75, 3.05) is 5.32 Å². The van der Waals surface area contributed by atoms with E-state index < -0.39 is 0 Å². The molecule has 5 heteroatoms. The molecule has 1 N–H and O–H groups in total. The van der Waals surface area contributed by atoms with E-state index in [-0.39, 0.29) is 5.91 Å². The first-order valence-corrected chi connectivity index (χ1v) is 7.37. The van der Waals surface area contributed by atoms with Gasteiger partial charge in [0.15, 0.2) is 0 Å². The van der Waals surface area contributed by atoms with Crippen LogP contribution in [-0.4, -0.2) is 5.91 Å². The number of nitriles is 1. The molecule has 2 rings (SSSR count). The van der Waals surface area contributed by atoms with Crippen molar-refractivity contribution < 1.29 is 4.79 Å². The molecule has 20 heavy (non-hydrogen) atoms. The van der Waals surface area contributed by atoms with Gasteiger partial charge in [-0.1, -0.05) is 31.9 Å². The number of benzene rings is 2. The zero-order valence-corrected chi connectivity index (χ0v) is 13.7. The maximum Gasteiger partial charge on any atom is 0.255 e. The van der Waals surface area contributed by atoms with Gasteiger partial charge in [0.25, 0.3) is 5.91 Å². The number of hydrogen-bond acceptors (Lipinski definition) is 2. The summed E-state index contributed by atoms with van der Waals surface area (Å²) in [5.41, 5.74) is 2.45. The molecule has 0 aliphatic carbocycles. The molecule has 0 fully saturated rings. The number of anilines is 1. The number of amides is 1. The smallest absolute Gasteiger partial charge is 0.255 e. The van der Waals surface area contributed by atoms with Gasteiger partial charge in [-0.25, -0.2) is 0 Å². The highest BCUT2D eigenvalue weighted by Gasteiger charge is 2.10. The first kappa shape index (κ1) is 14.8. The zero-order chi connectivity index (χ0) is 14.7. The van der Waals surface area contributed by atoms with E-state index in [1.165, 1.54) is 0 Å². The summed E-state index contributed by atoms with van der Waals surface area (Å²) in [4.78, 5) is 12.2. The summed E-state index contributed by atoms with van der Waals surface area (Å²) in [5.74, 6) is -0.241. The van der Waals surface area contributed by atoms with Crippen LogP contribution in [0.1, 0.15) is 21.5 Å². The Bertz CT molecular complexity index is 720. The molecule has 3 nitrogen and oxygen atoms in total. The minimum atomic E-state index is -0.241. The van der Waals surface area contributed by atoms with Crippen LogP contribution in [0, 0.1) is 18.3 Å². The summed E-state index contributed by atoms with van der Waals surface area (Å²) >= 11 is 6.72. The lowest BCUT2D eigenvalue weighted by Gasteiger charge is -2.08. The summed E-state index contributed by atoms with van der Waals surface area (Å²) in [6, 6.07) is 12.5. The van der Waals surface area contributed by atoms with Crippen molar-refractivity contribution >= 4 is 43.5 Å². The second-order valence-corrected chi connectivity index (χ2v) is 5.99. The molecule has 2 aromatic carbocycles.